The molecule has 0 bridgehead atoms. The molecule has 0 aliphatic carbocycles. The van der Waals surface area contributed by atoms with Gasteiger partial charge in [-0.3, -0.25) is 4.79 Å². The van der Waals surface area contributed by atoms with Gasteiger partial charge in [-0.15, -0.1) is 11.3 Å². The summed E-state index contributed by atoms with van der Waals surface area (Å²) in [5.74, 6) is 0.774. The summed E-state index contributed by atoms with van der Waals surface area (Å²) >= 11 is 1.66. The lowest BCUT2D eigenvalue weighted by atomic mass is 10.2. The highest BCUT2D eigenvalue weighted by Gasteiger charge is 2.15. The SMILES string of the molecule is CCn1c(C(=O)NCc2ccc(OC)cc2)cc2sccc21. The first-order valence-electron chi connectivity index (χ1n) is 7.20. The van der Waals surface area contributed by atoms with Gasteiger partial charge < -0.3 is 14.6 Å². The number of fused-ring (bicyclic) bond motifs is 1. The highest BCUT2D eigenvalue weighted by molar-refractivity contribution is 7.17. The number of amides is 1. The van der Waals surface area contributed by atoms with Gasteiger partial charge in [0.1, 0.15) is 11.4 Å². The number of aryl methyl sites for hydroxylation is 1. The van der Waals surface area contributed by atoms with Crippen LogP contribution in [0.15, 0.2) is 41.8 Å². The Balaban J connectivity index is 1.73. The van der Waals surface area contributed by atoms with Gasteiger partial charge in [-0.2, -0.15) is 0 Å². The van der Waals surface area contributed by atoms with Crippen molar-refractivity contribution in [1.29, 1.82) is 0 Å². The molecule has 2 heterocycles. The number of hydrogen-bond donors (Lipinski definition) is 1. The third-order valence-electron chi connectivity index (χ3n) is 3.68. The van der Waals surface area contributed by atoms with Gasteiger partial charge in [0.05, 0.1) is 17.3 Å². The van der Waals surface area contributed by atoms with E-state index in [1.807, 2.05) is 30.3 Å². The van der Waals surface area contributed by atoms with E-state index in [-0.39, 0.29) is 5.91 Å². The van der Waals surface area contributed by atoms with Crippen molar-refractivity contribution in [3.63, 3.8) is 0 Å². The summed E-state index contributed by atoms with van der Waals surface area (Å²) in [6, 6.07) is 11.7. The molecule has 0 unspecified atom stereocenters. The molecule has 1 aromatic carbocycles. The molecule has 3 aromatic rings. The second-order valence-corrected chi connectivity index (χ2v) is 5.92. The summed E-state index contributed by atoms with van der Waals surface area (Å²) in [5, 5.41) is 5.03. The molecule has 0 fully saturated rings. The van der Waals surface area contributed by atoms with Crippen LogP contribution in [0.3, 0.4) is 0 Å². The highest BCUT2D eigenvalue weighted by Crippen LogP contribution is 2.25. The van der Waals surface area contributed by atoms with Crippen LogP contribution in [0.2, 0.25) is 0 Å². The lowest BCUT2D eigenvalue weighted by Crippen LogP contribution is -2.25. The molecular weight excluding hydrogens is 296 g/mol. The average molecular weight is 314 g/mol. The molecule has 4 nitrogen and oxygen atoms in total. The summed E-state index contributed by atoms with van der Waals surface area (Å²) in [7, 11) is 1.64. The highest BCUT2D eigenvalue weighted by atomic mass is 32.1. The average Bonchev–Trinajstić information content (AvgIpc) is 3.13. The van der Waals surface area contributed by atoms with E-state index >= 15 is 0 Å². The maximum Gasteiger partial charge on any atom is 0.268 e. The fourth-order valence-electron chi connectivity index (χ4n) is 2.52. The number of ether oxygens (including phenoxy) is 1. The van der Waals surface area contributed by atoms with E-state index in [4.69, 9.17) is 4.74 Å². The normalized spacial score (nSPS) is 10.8. The van der Waals surface area contributed by atoms with Gasteiger partial charge in [0.25, 0.3) is 5.91 Å². The fourth-order valence-corrected chi connectivity index (χ4v) is 3.34. The van der Waals surface area contributed by atoms with Gasteiger partial charge in [-0.05, 0) is 42.1 Å². The summed E-state index contributed by atoms with van der Waals surface area (Å²) in [6.45, 7) is 3.34. The number of carbonyl (C=O) groups excluding carboxylic acids is 1. The number of methoxy groups -OCH3 is 1. The molecule has 2 aromatic heterocycles. The Kier molecular flexibility index (Phi) is 4.15. The first-order chi connectivity index (χ1) is 10.7. The van der Waals surface area contributed by atoms with Crippen molar-refractivity contribution in [2.75, 3.05) is 7.11 Å². The summed E-state index contributed by atoms with van der Waals surface area (Å²) in [4.78, 5) is 12.4. The Hall–Kier alpha value is -2.27. The monoisotopic (exact) mass is 314 g/mol. The van der Waals surface area contributed by atoms with E-state index in [1.165, 1.54) is 0 Å². The summed E-state index contributed by atoms with van der Waals surface area (Å²) in [6.07, 6.45) is 0. The van der Waals surface area contributed by atoms with Gasteiger partial charge in [0.2, 0.25) is 0 Å². The number of nitrogens with zero attached hydrogens (tertiary/aromatic N) is 1. The van der Waals surface area contributed by atoms with Crippen LogP contribution < -0.4 is 10.1 Å². The second kappa shape index (κ2) is 6.23. The Morgan fingerprint density at radius 3 is 2.73 bits per heavy atom. The number of aromatic nitrogens is 1. The smallest absolute Gasteiger partial charge is 0.268 e. The fraction of sp³-hybridized carbons (Fsp3) is 0.235. The lowest BCUT2D eigenvalue weighted by molar-refractivity contribution is 0.0942. The first-order valence-corrected chi connectivity index (χ1v) is 8.08. The molecule has 0 atom stereocenters. The van der Waals surface area contributed by atoms with Crippen LogP contribution in [-0.4, -0.2) is 17.6 Å². The molecule has 22 heavy (non-hydrogen) atoms. The molecule has 0 radical (unpaired) electrons. The topological polar surface area (TPSA) is 43.3 Å². The van der Waals surface area contributed by atoms with Crippen molar-refractivity contribution in [3.05, 3.63) is 53.0 Å². The number of carbonyl (C=O) groups is 1. The van der Waals surface area contributed by atoms with Crippen molar-refractivity contribution in [3.8, 4) is 5.75 Å². The van der Waals surface area contributed by atoms with Gasteiger partial charge in [-0.25, -0.2) is 0 Å². The molecule has 5 heteroatoms. The zero-order valence-corrected chi connectivity index (χ0v) is 13.4. The number of benzene rings is 1. The lowest BCUT2D eigenvalue weighted by Gasteiger charge is -2.09. The minimum Gasteiger partial charge on any atom is -0.497 e. The molecule has 1 amide bonds. The second-order valence-electron chi connectivity index (χ2n) is 4.97. The molecule has 0 aliphatic rings. The summed E-state index contributed by atoms with van der Waals surface area (Å²) < 4.78 is 8.33. The van der Waals surface area contributed by atoms with E-state index in [2.05, 4.69) is 28.3 Å². The predicted molar refractivity (Wildman–Crippen MR) is 89.7 cm³/mol. The number of rotatable bonds is 5. The molecule has 0 aliphatic heterocycles. The van der Waals surface area contributed by atoms with Crippen LogP contribution in [0.1, 0.15) is 23.0 Å². The van der Waals surface area contributed by atoms with Crippen molar-refractivity contribution < 1.29 is 9.53 Å². The van der Waals surface area contributed by atoms with Crippen LogP contribution in [0.5, 0.6) is 5.75 Å². The van der Waals surface area contributed by atoms with Crippen LogP contribution in [0.4, 0.5) is 0 Å². The standard InChI is InChI=1S/C17H18N2O2S/c1-3-19-14-8-9-22-16(14)10-15(19)17(20)18-11-12-4-6-13(21-2)7-5-12/h4-10H,3,11H2,1-2H3,(H,18,20). The molecule has 0 spiro atoms. The first kappa shape index (κ1) is 14.7. The van der Waals surface area contributed by atoms with E-state index < -0.39 is 0 Å². The Morgan fingerprint density at radius 1 is 1.27 bits per heavy atom. The largest absolute Gasteiger partial charge is 0.497 e. The Bertz CT molecular complexity index is 787. The van der Waals surface area contributed by atoms with E-state index in [9.17, 15) is 4.79 Å². The van der Waals surface area contributed by atoms with Crippen LogP contribution in [0, 0.1) is 0 Å². The van der Waals surface area contributed by atoms with Crippen molar-refractivity contribution >= 4 is 27.5 Å². The quantitative estimate of drug-likeness (QED) is 0.781. The minimum atomic E-state index is -0.0407. The van der Waals surface area contributed by atoms with Crippen molar-refractivity contribution in [2.45, 2.75) is 20.0 Å². The van der Waals surface area contributed by atoms with Crippen LogP contribution >= 0.6 is 11.3 Å². The molecule has 114 valence electrons. The number of nitrogens with one attached hydrogen (secondary N) is 1. The van der Waals surface area contributed by atoms with Crippen LogP contribution in [0.25, 0.3) is 10.2 Å². The predicted octanol–water partition coefficient (Wildman–Crippen LogP) is 3.66. The molecule has 0 saturated carbocycles. The maximum atomic E-state index is 12.4. The molecule has 0 saturated heterocycles. The van der Waals surface area contributed by atoms with Gasteiger partial charge in [0, 0.05) is 13.1 Å². The van der Waals surface area contributed by atoms with Crippen LogP contribution in [-0.2, 0) is 13.1 Å². The number of thiophene rings is 1. The minimum absolute atomic E-state index is 0.0407. The Morgan fingerprint density at radius 2 is 2.05 bits per heavy atom. The third kappa shape index (κ3) is 2.72. The molecule has 3 rings (SSSR count). The van der Waals surface area contributed by atoms with E-state index in [0.717, 1.165) is 33.8 Å². The maximum absolute atomic E-state index is 12.4. The van der Waals surface area contributed by atoms with Gasteiger partial charge in [0.15, 0.2) is 0 Å². The molecular formula is C17H18N2O2S. The zero-order valence-electron chi connectivity index (χ0n) is 12.6. The van der Waals surface area contributed by atoms with Gasteiger partial charge in [-0.1, -0.05) is 12.1 Å². The van der Waals surface area contributed by atoms with E-state index in [1.54, 1.807) is 18.4 Å². The van der Waals surface area contributed by atoms with Gasteiger partial charge >= 0.3 is 0 Å². The van der Waals surface area contributed by atoms with Crippen molar-refractivity contribution in [1.82, 2.24) is 9.88 Å². The third-order valence-corrected chi connectivity index (χ3v) is 4.54. The summed E-state index contributed by atoms with van der Waals surface area (Å²) in [5.41, 5.74) is 2.89. The molecule has 1 N–H and O–H groups in total. The van der Waals surface area contributed by atoms with Crippen molar-refractivity contribution in [2.24, 2.45) is 0 Å². The zero-order chi connectivity index (χ0) is 15.5. The number of hydrogen-bond acceptors (Lipinski definition) is 3. The van der Waals surface area contributed by atoms with E-state index in [0.29, 0.717) is 6.54 Å². The Labute approximate surface area is 133 Å².